The normalized spacial score (nSPS) is 11.8. The van der Waals surface area contributed by atoms with Crippen molar-refractivity contribution in [3.8, 4) is 0 Å². The zero-order valence-electron chi connectivity index (χ0n) is 20.5. The lowest BCUT2D eigenvalue weighted by atomic mass is 9.93. The first-order valence-electron chi connectivity index (χ1n) is 11.3. The van der Waals surface area contributed by atoms with Crippen molar-refractivity contribution < 1.29 is 32.1 Å². The number of ketones is 1. The second-order valence-electron chi connectivity index (χ2n) is 9.40. The van der Waals surface area contributed by atoms with E-state index >= 15 is 0 Å². The molecule has 3 heterocycles. The Morgan fingerprint density at radius 2 is 1.68 bits per heavy atom. The minimum Gasteiger partial charge on any atom is -0.359 e. The molecule has 13 heteroatoms. The molecule has 1 aromatic carbocycles. The van der Waals surface area contributed by atoms with Gasteiger partial charge in [-0.3, -0.25) is 19.3 Å². The number of hydrogen-bond acceptors (Lipinski definition) is 6. The number of halogens is 3. The van der Waals surface area contributed by atoms with E-state index < -0.39 is 24.7 Å². The maximum absolute atomic E-state index is 13.0. The Morgan fingerprint density at radius 3 is 2.32 bits per heavy atom. The fraction of sp³-hybridized carbons (Fsp3) is 0.240. The van der Waals surface area contributed by atoms with Crippen LogP contribution in [-0.4, -0.2) is 45.0 Å². The Hall–Kier alpha value is -4.68. The maximum atomic E-state index is 13.0. The molecule has 0 fully saturated rings. The van der Waals surface area contributed by atoms with E-state index in [-0.39, 0.29) is 33.9 Å². The van der Waals surface area contributed by atoms with Crippen LogP contribution in [0.3, 0.4) is 0 Å². The van der Waals surface area contributed by atoms with E-state index in [2.05, 4.69) is 20.8 Å². The lowest BCUT2D eigenvalue weighted by Crippen LogP contribution is -2.33. The van der Waals surface area contributed by atoms with Gasteiger partial charge in [-0.1, -0.05) is 25.9 Å². The van der Waals surface area contributed by atoms with Gasteiger partial charge in [0.2, 0.25) is 5.78 Å². The number of fused-ring (bicyclic) bond motifs is 1. The van der Waals surface area contributed by atoms with Crippen LogP contribution in [0.4, 0.5) is 29.5 Å². The quantitative estimate of drug-likeness (QED) is 0.309. The van der Waals surface area contributed by atoms with E-state index in [4.69, 9.17) is 4.52 Å². The molecule has 0 aliphatic rings. The molecule has 0 atom stereocenters. The number of benzene rings is 1. The highest BCUT2D eigenvalue weighted by Crippen LogP contribution is 2.24. The Balaban J connectivity index is 1.41. The van der Waals surface area contributed by atoms with Gasteiger partial charge in [0.05, 0.1) is 6.20 Å². The Labute approximate surface area is 214 Å². The van der Waals surface area contributed by atoms with Crippen LogP contribution < -0.4 is 16.0 Å². The summed E-state index contributed by atoms with van der Waals surface area (Å²) in [5, 5.41) is 10.8. The zero-order valence-corrected chi connectivity index (χ0v) is 20.5. The van der Waals surface area contributed by atoms with Crippen molar-refractivity contribution in [1.82, 2.24) is 19.9 Å². The number of nitrogens with zero attached hydrogens (tertiary/aromatic N) is 3. The molecule has 0 aliphatic heterocycles. The molecule has 4 aromatic rings. The molecule has 38 heavy (non-hydrogen) atoms. The van der Waals surface area contributed by atoms with E-state index in [9.17, 15) is 27.6 Å². The maximum Gasteiger partial charge on any atom is 0.405 e. The molecule has 0 saturated carbocycles. The third-order valence-electron chi connectivity index (χ3n) is 5.35. The first kappa shape index (κ1) is 26.4. The van der Waals surface area contributed by atoms with Gasteiger partial charge in [0.25, 0.3) is 5.91 Å². The highest BCUT2D eigenvalue weighted by atomic mass is 19.4. The zero-order chi connectivity index (χ0) is 27.7. The molecule has 0 spiro atoms. The van der Waals surface area contributed by atoms with E-state index in [1.165, 1.54) is 41.1 Å². The molecule has 10 nitrogen and oxygen atoms in total. The van der Waals surface area contributed by atoms with Crippen LogP contribution in [0.2, 0.25) is 0 Å². The van der Waals surface area contributed by atoms with Crippen LogP contribution in [0, 0.1) is 0 Å². The molecular weight excluding hydrogens is 505 g/mol. The van der Waals surface area contributed by atoms with Crippen LogP contribution >= 0.6 is 0 Å². The number of urea groups is 1. The monoisotopic (exact) mass is 528 g/mol. The number of aromatic nitrogens is 3. The number of nitrogens with one attached hydrogen (secondary N) is 3. The van der Waals surface area contributed by atoms with Crippen LogP contribution in [0.1, 0.15) is 52.9 Å². The van der Waals surface area contributed by atoms with Crippen molar-refractivity contribution in [2.75, 3.05) is 17.2 Å². The highest BCUT2D eigenvalue weighted by molar-refractivity contribution is 6.09. The van der Waals surface area contributed by atoms with Crippen LogP contribution in [-0.2, 0) is 5.41 Å². The van der Waals surface area contributed by atoms with E-state index in [1.807, 2.05) is 20.8 Å². The van der Waals surface area contributed by atoms with Crippen molar-refractivity contribution in [3.05, 3.63) is 77.4 Å². The van der Waals surface area contributed by atoms with Gasteiger partial charge in [0.1, 0.15) is 23.6 Å². The summed E-state index contributed by atoms with van der Waals surface area (Å²) in [6, 6.07) is 9.79. The van der Waals surface area contributed by atoms with Crippen molar-refractivity contribution in [2.45, 2.75) is 32.4 Å². The van der Waals surface area contributed by atoms with Gasteiger partial charge in [0, 0.05) is 34.5 Å². The molecule has 3 amide bonds. The van der Waals surface area contributed by atoms with Crippen molar-refractivity contribution >= 4 is 34.9 Å². The molecule has 0 aliphatic carbocycles. The van der Waals surface area contributed by atoms with Crippen LogP contribution in [0.25, 0.3) is 5.65 Å². The van der Waals surface area contributed by atoms with E-state index in [0.29, 0.717) is 17.0 Å². The number of pyridine rings is 1. The molecule has 198 valence electrons. The number of carbonyl (C=O) groups is 3. The summed E-state index contributed by atoms with van der Waals surface area (Å²) < 4.78 is 43.7. The largest absolute Gasteiger partial charge is 0.405 e. The Bertz CT molecular complexity index is 1500. The fourth-order valence-corrected chi connectivity index (χ4v) is 3.39. The van der Waals surface area contributed by atoms with Gasteiger partial charge in [-0.05, 0) is 36.4 Å². The lowest BCUT2D eigenvalue weighted by molar-refractivity contribution is -0.123. The number of anilines is 2. The summed E-state index contributed by atoms with van der Waals surface area (Å²) in [5.41, 5.74) is 0.828. The summed E-state index contributed by atoms with van der Waals surface area (Å²) >= 11 is 0. The molecular formula is C25H23F3N6O4. The van der Waals surface area contributed by atoms with Gasteiger partial charge in [-0.2, -0.15) is 13.2 Å². The van der Waals surface area contributed by atoms with E-state index in [0.717, 1.165) is 0 Å². The first-order chi connectivity index (χ1) is 17.8. The Kier molecular flexibility index (Phi) is 6.94. The summed E-state index contributed by atoms with van der Waals surface area (Å²) in [6.45, 7) is 4.39. The summed E-state index contributed by atoms with van der Waals surface area (Å²) in [4.78, 5) is 41.4. The van der Waals surface area contributed by atoms with Gasteiger partial charge >= 0.3 is 12.2 Å². The minimum atomic E-state index is -4.53. The van der Waals surface area contributed by atoms with Crippen LogP contribution in [0.5, 0.6) is 0 Å². The summed E-state index contributed by atoms with van der Waals surface area (Å²) in [7, 11) is 0. The minimum absolute atomic E-state index is 0.0275. The first-order valence-corrected chi connectivity index (χ1v) is 11.3. The average Bonchev–Trinajstić information content (AvgIpc) is 3.49. The topological polar surface area (TPSA) is 131 Å². The molecule has 3 N–H and O–H groups in total. The SMILES string of the molecule is CC(C)(C)c1cc(NC(=O)Nc2ccc(C(=O)c3cnc4cc(C(=O)NCC(F)(F)F)ccn34)cc2)no1. The third-order valence-corrected chi connectivity index (χ3v) is 5.35. The van der Waals surface area contributed by atoms with Gasteiger partial charge in [-0.15, -0.1) is 0 Å². The van der Waals surface area contributed by atoms with Crippen molar-refractivity contribution in [1.29, 1.82) is 0 Å². The second-order valence-corrected chi connectivity index (χ2v) is 9.40. The fourth-order valence-electron chi connectivity index (χ4n) is 3.39. The number of carbonyl (C=O) groups excluding carboxylic acids is 3. The van der Waals surface area contributed by atoms with Crippen molar-refractivity contribution in [2.24, 2.45) is 0 Å². The number of hydrogen-bond donors (Lipinski definition) is 3. The lowest BCUT2D eigenvalue weighted by Gasteiger charge is -2.12. The summed E-state index contributed by atoms with van der Waals surface area (Å²) in [5.74, 6) is -0.428. The second kappa shape index (κ2) is 10.00. The molecule has 3 aromatic heterocycles. The number of imidazole rings is 1. The highest BCUT2D eigenvalue weighted by Gasteiger charge is 2.28. The standard InChI is InChI=1S/C25H23F3N6O4/c1-24(2,3)18-11-19(33-38-18)32-23(37)31-16-6-4-14(5-7-16)21(35)17-12-29-20-10-15(8-9-34(17)20)22(36)30-13-25(26,27)28/h4-12H,13H2,1-3H3,(H,30,36)(H2,31,32,33,37). The number of alkyl halides is 3. The predicted molar refractivity (Wildman–Crippen MR) is 131 cm³/mol. The van der Waals surface area contributed by atoms with Crippen LogP contribution in [0.15, 0.2) is 59.4 Å². The third kappa shape index (κ3) is 6.17. The smallest absolute Gasteiger partial charge is 0.359 e. The molecule has 0 radical (unpaired) electrons. The van der Waals surface area contributed by atoms with Gasteiger partial charge in [0.15, 0.2) is 5.82 Å². The molecule has 0 saturated heterocycles. The molecule has 0 unspecified atom stereocenters. The molecule has 4 rings (SSSR count). The van der Waals surface area contributed by atoms with Gasteiger partial charge < -0.3 is 15.2 Å². The van der Waals surface area contributed by atoms with Gasteiger partial charge in [-0.25, -0.2) is 9.78 Å². The van der Waals surface area contributed by atoms with E-state index in [1.54, 1.807) is 23.5 Å². The van der Waals surface area contributed by atoms with Crippen molar-refractivity contribution in [3.63, 3.8) is 0 Å². The molecule has 0 bridgehead atoms. The number of amides is 3. The average molecular weight is 528 g/mol. The summed E-state index contributed by atoms with van der Waals surface area (Å²) in [6.07, 6.45) is -1.85. The predicted octanol–water partition coefficient (Wildman–Crippen LogP) is 4.79. The Morgan fingerprint density at radius 1 is 0.974 bits per heavy atom. The number of rotatable bonds is 6.